The second-order valence-electron chi connectivity index (χ2n) is 30.2. The number of anilines is 2. The number of hydrogen-bond acceptors (Lipinski definition) is 6. The van der Waals surface area contributed by atoms with E-state index >= 15 is 19.2 Å². The Balaban J connectivity index is 0.620. The van der Waals surface area contributed by atoms with Crippen molar-refractivity contribution in [3.8, 4) is 22.3 Å². The van der Waals surface area contributed by atoms with Gasteiger partial charge in [0.25, 0.3) is 23.6 Å². The predicted molar refractivity (Wildman–Crippen MR) is 420 cm³/mol. The molecule has 21 rings (SSSR count). The van der Waals surface area contributed by atoms with Gasteiger partial charge in [0.05, 0.1) is 11.4 Å². The van der Waals surface area contributed by atoms with Crippen LogP contribution in [-0.4, -0.2) is 23.6 Å². The Kier molecular flexibility index (Phi) is 11.7. The van der Waals surface area contributed by atoms with Crippen molar-refractivity contribution in [1.29, 1.82) is 0 Å². The summed E-state index contributed by atoms with van der Waals surface area (Å²) in [7, 11) is 0. The highest BCUT2D eigenvalue weighted by Gasteiger charge is 2.48. The van der Waals surface area contributed by atoms with Crippen molar-refractivity contribution in [2.45, 2.75) is 88.9 Å². The molecule has 8 heteroatoms. The fraction of sp³-hybridized carbons (Fsp3) is 0.152. The molecule has 478 valence electrons. The van der Waals surface area contributed by atoms with Gasteiger partial charge in [0.15, 0.2) is 0 Å². The van der Waals surface area contributed by atoms with Crippen molar-refractivity contribution in [2.24, 2.45) is 11.8 Å². The summed E-state index contributed by atoms with van der Waals surface area (Å²) >= 11 is 9.53. The molecular formula is C92H64N2O4S2. The minimum atomic E-state index is -0.292. The van der Waals surface area contributed by atoms with Crippen molar-refractivity contribution in [3.05, 3.63) is 259 Å². The molecule has 0 N–H and O–H groups in total. The summed E-state index contributed by atoms with van der Waals surface area (Å²) in [5.41, 5.74) is 26.7. The van der Waals surface area contributed by atoms with Gasteiger partial charge in [0, 0.05) is 54.7 Å². The zero-order valence-corrected chi connectivity index (χ0v) is 58.2. The summed E-state index contributed by atoms with van der Waals surface area (Å²) in [6.07, 6.45) is 18.5. The number of hydrogen-bond donors (Lipinski definition) is 2. The van der Waals surface area contributed by atoms with E-state index < -0.39 is 0 Å². The Bertz CT molecular complexity index is 6110. The van der Waals surface area contributed by atoms with Gasteiger partial charge in [-0.3, -0.25) is 19.2 Å². The molecule has 0 bridgehead atoms. The molecule has 0 atom stereocenters. The molecule has 2 aliphatic heterocycles. The number of carbonyl (C=O) groups excluding carboxylic acids is 4. The van der Waals surface area contributed by atoms with Crippen molar-refractivity contribution < 1.29 is 19.2 Å². The molecule has 0 unspecified atom stereocenters. The highest BCUT2D eigenvalue weighted by atomic mass is 32.1. The molecular weight excluding hydrogens is 1260 g/mol. The van der Waals surface area contributed by atoms with Crippen LogP contribution < -0.4 is 9.80 Å². The minimum absolute atomic E-state index is 0.0590. The standard InChI is InChI=1S/C92H64N2O4S2/c1-41(2)71-37-53(99)38-72(42(3)4)87(71)93-89(95)67-25-21-59-55-13-17-63-75-33-49-29-45-9-11-47-31-51-35-77-65-19-15-57-61-23-27-69-86-70(92(98)94(91(69)97)88-73(43(5)6)39-54(100)40-74(88)44(7)8)28-24-62(82(61)86)58-16-20-66(84(65)80(57)58)78(77)36-52(51)32-48(47)12-10-46(45)30-50(49)34-76(75)64-18-14-56(79(55)83(63)64)60-22-26-68(90(93)96)85(67)81(59)60/h9-44,79,83,99-100H,1-8H3. The highest BCUT2D eigenvalue weighted by Crippen LogP contribution is 2.64. The lowest BCUT2D eigenvalue weighted by molar-refractivity contribution is 0.0877. The van der Waals surface area contributed by atoms with E-state index in [4.69, 9.17) is 25.3 Å². The number of amides is 4. The van der Waals surface area contributed by atoms with Gasteiger partial charge in [0.2, 0.25) is 0 Å². The maximum atomic E-state index is 15.1. The molecule has 0 saturated heterocycles. The van der Waals surface area contributed by atoms with E-state index in [1.54, 1.807) is 0 Å². The molecule has 0 fully saturated rings. The molecule has 13 aromatic rings. The van der Waals surface area contributed by atoms with Gasteiger partial charge in [-0.15, -0.1) is 25.3 Å². The van der Waals surface area contributed by atoms with Gasteiger partial charge in [-0.25, -0.2) is 9.80 Å². The van der Waals surface area contributed by atoms with E-state index in [0.717, 1.165) is 97.4 Å². The lowest BCUT2D eigenvalue weighted by atomic mass is 9.62. The first-order valence-electron chi connectivity index (χ1n) is 35.2. The number of rotatable bonds is 6. The summed E-state index contributed by atoms with van der Waals surface area (Å²) in [4.78, 5) is 64.8. The number of fused-ring (bicyclic) bond motifs is 14. The first kappa shape index (κ1) is 58.3. The zero-order valence-electron chi connectivity index (χ0n) is 56.4. The third kappa shape index (κ3) is 7.47. The zero-order chi connectivity index (χ0) is 67.8. The first-order valence-corrected chi connectivity index (χ1v) is 36.0. The molecule has 4 amide bonds. The molecule has 0 radical (unpaired) electrons. The molecule has 0 aromatic heterocycles. The van der Waals surface area contributed by atoms with Gasteiger partial charge < -0.3 is 0 Å². The van der Waals surface area contributed by atoms with E-state index in [0.29, 0.717) is 33.6 Å². The number of thiol groups is 2. The van der Waals surface area contributed by atoms with Crippen molar-refractivity contribution in [2.75, 3.05) is 9.80 Å². The average Bonchev–Trinajstić information content (AvgIpc) is 1.20. The van der Waals surface area contributed by atoms with Gasteiger partial charge in [-0.05, 0) is 297 Å². The van der Waals surface area contributed by atoms with Gasteiger partial charge in [-0.2, -0.15) is 0 Å². The smallest absolute Gasteiger partial charge is 0.266 e. The monoisotopic (exact) mass is 1320 g/mol. The molecule has 13 aromatic carbocycles. The van der Waals surface area contributed by atoms with E-state index in [-0.39, 0.29) is 59.1 Å². The molecule has 6 aliphatic carbocycles. The number of imide groups is 2. The number of carbonyl (C=O) groups is 4. The average molecular weight is 1330 g/mol. The first-order chi connectivity index (χ1) is 48.4. The minimum Gasteiger partial charge on any atom is -0.268 e. The van der Waals surface area contributed by atoms with Crippen LogP contribution in [0.1, 0.15) is 187 Å². The lowest BCUT2D eigenvalue weighted by Gasteiger charge is -2.41. The highest BCUT2D eigenvalue weighted by molar-refractivity contribution is 7.80. The van der Waals surface area contributed by atoms with E-state index in [9.17, 15) is 0 Å². The van der Waals surface area contributed by atoms with Crippen LogP contribution in [0, 0.1) is 11.8 Å². The van der Waals surface area contributed by atoms with Crippen LogP contribution in [0.15, 0.2) is 180 Å². The molecule has 2 heterocycles. The van der Waals surface area contributed by atoms with Crippen LogP contribution in [0.3, 0.4) is 0 Å². The maximum absolute atomic E-state index is 15.1. The largest absolute Gasteiger partial charge is 0.268 e. The SMILES string of the molecule is CC(C)c1cc(S)cc(C(C)C)c1N1C(=O)c2ccc3c4c(ccc(c24)C1=O)C1=CC=C2c4cc5cc6c(cc5cc4C4=CC=C3C1C42)C=Cc1cc2cc3c(cc2cc1C=C6)-c1ccc2c4ccc5c6c(ccc(c7ccc-3c1c72)c64)C(=O)N(c1c(C(C)C)cc(S)cc1C(C)C)C5=O. The quantitative estimate of drug-likeness (QED) is 0.0753. The third-order valence-electron chi connectivity index (χ3n) is 23.7. The fourth-order valence-electron chi connectivity index (χ4n) is 19.2. The van der Waals surface area contributed by atoms with Crippen LogP contribution in [0.5, 0.6) is 0 Å². The normalized spacial score (nSPS) is 17.3. The topological polar surface area (TPSA) is 74.8 Å². The van der Waals surface area contributed by atoms with Crippen LogP contribution >= 0.6 is 25.3 Å². The lowest BCUT2D eigenvalue weighted by Crippen LogP contribution is -2.42. The Morgan fingerprint density at radius 3 is 0.850 bits per heavy atom. The van der Waals surface area contributed by atoms with E-state index in [1.807, 2.05) is 48.5 Å². The number of nitrogens with zero attached hydrogens (tertiary/aromatic N) is 2. The van der Waals surface area contributed by atoms with Gasteiger partial charge in [-0.1, -0.05) is 153 Å². The Hall–Kier alpha value is -10.6. The summed E-state index contributed by atoms with van der Waals surface area (Å²) in [6, 6.07) is 52.5. The van der Waals surface area contributed by atoms with Crippen molar-refractivity contribution in [3.63, 3.8) is 0 Å². The number of allylic oxidation sites excluding steroid dienone is 8. The fourth-order valence-corrected chi connectivity index (χ4v) is 19.7. The molecule has 0 saturated carbocycles. The molecule has 8 aliphatic rings. The Morgan fingerprint density at radius 2 is 0.530 bits per heavy atom. The summed E-state index contributed by atoms with van der Waals surface area (Å²) in [6.45, 7) is 16.8. The molecule has 6 nitrogen and oxygen atoms in total. The van der Waals surface area contributed by atoms with Crippen LogP contribution in [-0.2, 0) is 0 Å². The van der Waals surface area contributed by atoms with Gasteiger partial charge in [0.1, 0.15) is 0 Å². The van der Waals surface area contributed by atoms with Crippen LogP contribution in [0.2, 0.25) is 0 Å². The van der Waals surface area contributed by atoms with Crippen LogP contribution in [0.25, 0.3) is 144 Å². The van der Waals surface area contributed by atoms with E-state index in [2.05, 4.69) is 201 Å². The second-order valence-corrected chi connectivity index (χ2v) is 31.3. The number of benzene rings is 13. The second kappa shape index (κ2) is 20.1. The Labute approximate surface area is 589 Å². The van der Waals surface area contributed by atoms with Crippen molar-refractivity contribution in [1.82, 2.24) is 0 Å². The van der Waals surface area contributed by atoms with E-state index in [1.165, 1.54) is 109 Å². The predicted octanol–water partition coefficient (Wildman–Crippen LogP) is 23.7. The van der Waals surface area contributed by atoms with Crippen LogP contribution in [0.4, 0.5) is 11.4 Å². The summed E-state index contributed by atoms with van der Waals surface area (Å²) in [5, 5.41) is 14.9. The molecule has 100 heavy (non-hydrogen) atoms. The summed E-state index contributed by atoms with van der Waals surface area (Å²) in [5.74, 6) is -0.700. The van der Waals surface area contributed by atoms with Gasteiger partial charge >= 0.3 is 0 Å². The molecule has 0 spiro atoms. The Morgan fingerprint density at radius 1 is 0.280 bits per heavy atom. The third-order valence-corrected chi connectivity index (χ3v) is 24.2. The summed E-state index contributed by atoms with van der Waals surface area (Å²) < 4.78 is 0. The van der Waals surface area contributed by atoms with Crippen molar-refractivity contribution >= 4 is 182 Å². The maximum Gasteiger partial charge on any atom is 0.266 e.